The van der Waals surface area contributed by atoms with Gasteiger partial charge in [0.05, 0.1) is 5.52 Å². The molecule has 7 aromatic carbocycles. The predicted octanol–water partition coefficient (Wildman–Crippen LogP) is 12.0. The van der Waals surface area contributed by atoms with E-state index in [0.29, 0.717) is 17.5 Å². The summed E-state index contributed by atoms with van der Waals surface area (Å²) in [7, 11) is 0. The van der Waals surface area contributed by atoms with Crippen LogP contribution < -0.4 is 0 Å². The molecule has 4 aromatic heterocycles. The number of rotatable bonds is 4. The molecule has 6 heteroatoms. The molecule has 0 spiro atoms. The Morgan fingerprint density at radius 3 is 2.02 bits per heavy atom. The average molecular weight is 667 g/mol. The van der Waals surface area contributed by atoms with Crippen molar-refractivity contribution in [2.45, 2.75) is 0 Å². The van der Waals surface area contributed by atoms with Crippen molar-refractivity contribution in [2.75, 3.05) is 0 Å². The molecule has 0 amide bonds. The summed E-state index contributed by atoms with van der Waals surface area (Å²) in [6.07, 6.45) is 1.81. The highest BCUT2D eigenvalue weighted by Crippen LogP contribution is 2.43. The molecule has 0 aliphatic heterocycles. The van der Waals surface area contributed by atoms with E-state index in [0.717, 1.165) is 93.4 Å². The molecule has 0 bridgehead atoms. The zero-order chi connectivity index (χ0) is 34.2. The molecule has 0 saturated carbocycles. The molecule has 52 heavy (non-hydrogen) atoms. The molecule has 11 rings (SSSR count). The molecule has 0 atom stereocenters. The predicted molar refractivity (Wildman–Crippen MR) is 209 cm³/mol. The zero-order valence-electron chi connectivity index (χ0n) is 27.6. The van der Waals surface area contributed by atoms with Gasteiger partial charge in [0.2, 0.25) is 0 Å². The fraction of sp³-hybridized carbons (Fsp3) is 0. The SMILES string of the molecule is c1ccc(-c2ccc(-c3nc(-c4ccc5ccccc5c4)nc(-c4cccc5oc6ccccc6c45)n3)c3c2oc2cc4ncccc4cc23)cc1. The van der Waals surface area contributed by atoms with Crippen LogP contribution in [0.4, 0.5) is 0 Å². The number of furan rings is 2. The Kier molecular flexibility index (Phi) is 6.15. The number of fused-ring (bicyclic) bond motifs is 8. The first-order valence-electron chi connectivity index (χ1n) is 17.2. The maximum absolute atomic E-state index is 6.76. The monoisotopic (exact) mass is 666 g/mol. The van der Waals surface area contributed by atoms with Crippen LogP contribution >= 0.6 is 0 Å². The van der Waals surface area contributed by atoms with Crippen molar-refractivity contribution in [1.29, 1.82) is 0 Å². The molecular weight excluding hydrogens is 641 g/mol. The maximum atomic E-state index is 6.76. The number of aromatic nitrogens is 4. The third-order valence-corrected chi connectivity index (χ3v) is 9.96. The second-order valence-corrected chi connectivity index (χ2v) is 13.0. The minimum atomic E-state index is 0.552. The lowest BCUT2D eigenvalue weighted by Crippen LogP contribution is -2.01. The number of pyridine rings is 1. The van der Waals surface area contributed by atoms with E-state index in [-0.39, 0.29) is 0 Å². The van der Waals surface area contributed by atoms with Crippen LogP contribution in [0, 0.1) is 0 Å². The van der Waals surface area contributed by atoms with Crippen molar-refractivity contribution in [3.05, 3.63) is 158 Å². The smallest absolute Gasteiger partial charge is 0.164 e. The molecule has 0 aliphatic carbocycles. The second-order valence-electron chi connectivity index (χ2n) is 13.0. The van der Waals surface area contributed by atoms with Gasteiger partial charge in [0.25, 0.3) is 0 Å². The fourth-order valence-corrected chi connectivity index (χ4v) is 7.51. The van der Waals surface area contributed by atoms with Gasteiger partial charge in [-0.25, -0.2) is 15.0 Å². The van der Waals surface area contributed by atoms with Gasteiger partial charge in [-0.15, -0.1) is 0 Å². The first-order valence-corrected chi connectivity index (χ1v) is 17.2. The molecule has 0 N–H and O–H groups in total. The molecule has 0 radical (unpaired) electrons. The van der Waals surface area contributed by atoms with Crippen molar-refractivity contribution in [3.63, 3.8) is 0 Å². The standard InChI is InChI=1S/C46H26N4O2/c1-2-11-28(12-3-1)32-21-22-35(42-36-25-30-14-9-23-47-37(30)26-40(36)52-43(32)42)46-49-44(31-20-19-27-10-4-5-13-29(27)24-31)48-45(50-46)34-16-8-18-39-41(34)33-15-6-7-17-38(33)51-39/h1-26H. The third kappa shape index (κ3) is 4.44. The molecule has 0 unspecified atom stereocenters. The zero-order valence-corrected chi connectivity index (χ0v) is 27.6. The Morgan fingerprint density at radius 1 is 0.385 bits per heavy atom. The Balaban J connectivity index is 1.24. The van der Waals surface area contributed by atoms with Gasteiger partial charge in [-0.1, -0.05) is 103 Å². The maximum Gasteiger partial charge on any atom is 0.164 e. The Bertz CT molecular complexity index is 3200. The van der Waals surface area contributed by atoms with E-state index in [2.05, 4.69) is 96.0 Å². The van der Waals surface area contributed by atoms with Gasteiger partial charge < -0.3 is 8.83 Å². The van der Waals surface area contributed by atoms with Gasteiger partial charge in [0, 0.05) is 61.4 Å². The molecule has 0 aliphatic rings. The summed E-state index contributed by atoms with van der Waals surface area (Å²) in [5.74, 6) is 1.70. The summed E-state index contributed by atoms with van der Waals surface area (Å²) < 4.78 is 13.0. The highest BCUT2D eigenvalue weighted by atomic mass is 16.3. The fourth-order valence-electron chi connectivity index (χ4n) is 7.51. The van der Waals surface area contributed by atoms with Crippen molar-refractivity contribution < 1.29 is 8.83 Å². The van der Waals surface area contributed by atoms with Crippen molar-refractivity contribution >= 4 is 65.6 Å². The highest BCUT2D eigenvalue weighted by Gasteiger charge is 2.23. The summed E-state index contributed by atoms with van der Waals surface area (Å²) in [4.78, 5) is 20.3. The van der Waals surface area contributed by atoms with Gasteiger partial charge in [-0.05, 0) is 58.8 Å². The lowest BCUT2D eigenvalue weighted by molar-refractivity contribution is 0.669. The first kappa shape index (κ1) is 28.6. The summed E-state index contributed by atoms with van der Waals surface area (Å²) in [5.41, 5.74) is 8.68. The molecular formula is C46H26N4O2. The summed E-state index contributed by atoms with van der Waals surface area (Å²) in [6.45, 7) is 0. The van der Waals surface area contributed by atoms with Crippen LogP contribution in [0.1, 0.15) is 0 Å². The molecule has 6 nitrogen and oxygen atoms in total. The summed E-state index contributed by atoms with van der Waals surface area (Å²) >= 11 is 0. The first-order chi connectivity index (χ1) is 25.7. The number of benzene rings is 7. The van der Waals surface area contributed by atoms with E-state index in [1.54, 1.807) is 0 Å². The number of nitrogens with zero attached hydrogens (tertiary/aromatic N) is 4. The van der Waals surface area contributed by atoms with E-state index >= 15 is 0 Å². The Labute approximate surface area is 296 Å². The van der Waals surface area contributed by atoms with E-state index in [9.17, 15) is 0 Å². The van der Waals surface area contributed by atoms with E-state index in [4.69, 9.17) is 23.8 Å². The van der Waals surface area contributed by atoms with Crippen LogP contribution in [0.5, 0.6) is 0 Å². The van der Waals surface area contributed by atoms with Crippen LogP contribution in [0.15, 0.2) is 167 Å². The molecule has 11 aromatic rings. The van der Waals surface area contributed by atoms with Crippen LogP contribution in [0.25, 0.3) is 111 Å². The average Bonchev–Trinajstić information content (AvgIpc) is 3.78. The molecule has 0 saturated heterocycles. The number of hydrogen-bond donors (Lipinski definition) is 0. The highest BCUT2D eigenvalue weighted by molar-refractivity contribution is 6.18. The molecule has 0 fully saturated rings. The van der Waals surface area contributed by atoms with Crippen LogP contribution in [-0.4, -0.2) is 19.9 Å². The minimum absolute atomic E-state index is 0.552. The summed E-state index contributed by atoms with van der Waals surface area (Å²) in [5, 5.41) is 7.19. The quantitative estimate of drug-likeness (QED) is 0.186. The van der Waals surface area contributed by atoms with Crippen LogP contribution in [0.3, 0.4) is 0 Å². The number of para-hydroxylation sites is 1. The Hall–Kier alpha value is -7.18. The van der Waals surface area contributed by atoms with Gasteiger partial charge in [-0.3, -0.25) is 4.98 Å². The second kappa shape index (κ2) is 11.2. The largest absolute Gasteiger partial charge is 0.456 e. The lowest BCUT2D eigenvalue weighted by atomic mass is 9.97. The van der Waals surface area contributed by atoms with Crippen LogP contribution in [-0.2, 0) is 0 Å². The van der Waals surface area contributed by atoms with E-state index in [1.165, 1.54) is 0 Å². The van der Waals surface area contributed by atoms with Gasteiger partial charge in [0.1, 0.15) is 22.3 Å². The van der Waals surface area contributed by atoms with Crippen LogP contribution in [0.2, 0.25) is 0 Å². The van der Waals surface area contributed by atoms with Crippen molar-refractivity contribution in [3.8, 4) is 45.3 Å². The van der Waals surface area contributed by atoms with E-state index in [1.807, 2.05) is 66.9 Å². The van der Waals surface area contributed by atoms with Gasteiger partial charge in [0.15, 0.2) is 17.5 Å². The molecule has 4 heterocycles. The van der Waals surface area contributed by atoms with Gasteiger partial charge in [-0.2, -0.15) is 0 Å². The number of hydrogen-bond acceptors (Lipinski definition) is 6. The normalized spacial score (nSPS) is 11.8. The van der Waals surface area contributed by atoms with Crippen molar-refractivity contribution in [1.82, 2.24) is 19.9 Å². The lowest BCUT2D eigenvalue weighted by Gasteiger charge is -2.12. The summed E-state index contributed by atoms with van der Waals surface area (Å²) in [6, 6.07) is 51.6. The van der Waals surface area contributed by atoms with E-state index < -0.39 is 0 Å². The van der Waals surface area contributed by atoms with Crippen molar-refractivity contribution in [2.24, 2.45) is 0 Å². The topological polar surface area (TPSA) is 77.8 Å². The third-order valence-electron chi connectivity index (χ3n) is 9.96. The molecule has 242 valence electrons. The van der Waals surface area contributed by atoms with Gasteiger partial charge >= 0.3 is 0 Å². The minimum Gasteiger partial charge on any atom is -0.456 e. The Morgan fingerprint density at radius 2 is 1.12 bits per heavy atom.